The number of methoxy groups -OCH3 is 3. The maximum Gasteiger partial charge on any atom is 0.164 e. The molecule has 1 aromatic carbocycles. The lowest BCUT2D eigenvalue weighted by atomic mass is 10.1. The summed E-state index contributed by atoms with van der Waals surface area (Å²) in [6.45, 7) is 6.17. The molecule has 1 fully saturated rings. The van der Waals surface area contributed by atoms with Crippen molar-refractivity contribution in [2.75, 3.05) is 41.0 Å². The van der Waals surface area contributed by atoms with Crippen molar-refractivity contribution in [3.05, 3.63) is 17.7 Å². The van der Waals surface area contributed by atoms with Gasteiger partial charge in [-0.3, -0.25) is 4.90 Å². The second-order valence-corrected chi connectivity index (χ2v) is 5.11. The third kappa shape index (κ3) is 3.35. The molecule has 5 nitrogen and oxygen atoms in total. The van der Waals surface area contributed by atoms with Gasteiger partial charge < -0.3 is 19.5 Å². The summed E-state index contributed by atoms with van der Waals surface area (Å²) in [6.07, 6.45) is 0. The van der Waals surface area contributed by atoms with E-state index in [0.29, 0.717) is 11.8 Å². The van der Waals surface area contributed by atoms with Crippen LogP contribution < -0.4 is 19.5 Å². The normalized spacial score (nSPS) is 19.7. The predicted molar refractivity (Wildman–Crippen MR) is 78.8 cm³/mol. The molecule has 20 heavy (non-hydrogen) atoms. The summed E-state index contributed by atoms with van der Waals surface area (Å²) < 4.78 is 16.2. The first-order valence-corrected chi connectivity index (χ1v) is 6.92. The molecule has 0 saturated carbocycles. The first-order valence-electron chi connectivity index (χ1n) is 6.92. The number of piperazine rings is 1. The van der Waals surface area contributed by atoms with Crippen molar-refractivity contribution in [1.29, 1.82) is 0 Å². The monoisotopic (exact) mass is 280 g/mol. The summed E-state index contributed by atoms with van der Waals surface area (Å²) in [5.74, 6) is 2.28. The minimum atomic E-state index is 0.523. The molecule has 1 N–H and O–H groups in total. The minimum Gasteiger partial charge on any atom is -0.496 e. The Labute approximate surface area is 120 Å². The molecule has 1 aliphatic heterocycles. The molecule has 0 aliphatic carbocycles. The maximum atomic E-state index is 5.48. The Morgan fingerprint density at radius 2 is 1.75 bits per heavy atom. The number of ether oxygens (including phenoxy) is 3. The highest BCUT2D eigenvalue weighted by Gasteiger charge is 2.19. The van der Waals surface area contributed by atoms with Gasteiger partial charge in [0, 0.05) is 43.9 Å². The maximum absolute atomic E-state index is 5.48. The highest BCUT2D eigenvalue weighted by molar-refractivity contribution is 5.50. The first kappa shape index (κ1) is 14.9. The molecule has 1 atom stereocenters. The van der Waals surface area contributed by atoms with Crippen LogP contribution in [0.1, 0.15) is 12.5 Å². The molecule has 1 aliphatic rings. The van der Waals surface area contributed by atoms with E-state index in [1.165, 1.54) is 0 Å². The lowest BCUT2D eigenvalue weighted by Crippen LogP contribution is -2.48. The predicted octanol–water partition coefficient (Wildman–Crippen LogP) is 1.51. The quantitative estimate of drug-likeness (QED) is 0.885. The van der Waals surface area contributed by atoms with E-state index in [4.69, 9.17) is 14.2 Å². The van der Waals surface area contributed by atoms with Gasteiger partial charge in [-0.1, -0.05) is 0 Å². The smallest absolute Gasteiger partial charge is 0.164 e. The van der Waals surface area contributed by atoms with Crippen LogP contribution in [0.4, 0.5) is 0 Å². The van der Waals surface area contributed by atoms with Crippen LogP contribution in [0.5, 0.6) is 17.2 Å². The summed E-state index contributed by atoms with van der Waals surface area (Å²) in [4.78, 5) is 2.42. The number of benzene rings is 1. The molecule has 0 amide bonds. The molecule has 112 valence electrons. The summed E-state index contributed by atoms with van der Waals surface area (Å²) in [5, 5.41) is 3.45. The zero-order chi connectivity index (χ0) is 14.5. The zero-order valence-electron chi connectivity index (χ0n) is 12.7. The Balaban J connectivity index is 2.21. The van der Waals surface area contributed by atoms with E-state index >= 15 is 0 Å². The Hall–Kier alpha value is -1.46. The minimum absolute atomic E-state index is 0.523. The zero-order valence-corrected chi connectivity index (χ0v) is 12.7. The van der Waals surface area contributed by atoms with Crippen molar-refractivity contribution >= 4 is 0 Å². The van der Waals surface area contributed by atoms with E-state index < -0.39 is 0 Å². The van der Waals surface area contributed by atoms with E-state index in [2.05, 4.69) is 17.1 Å². The van der Waals surface area contributed by atoms with Crippen LogP contribution in [0.3, 0.4) is 0 Å². The number of hydrogen-bond acceptors (Lipinski definition) is 5. The Morgan fingerprint density at radius 1 is 1.10 bits per heavy atom. The second-order valence-electron chi connectivity index (χ2n) is 5.11. The third-order valence-corrected chi connectivity index (χ3v) is 3.63. The Bertz CT molecular complexity index is 451. The van der Waals surface area contributed by atoms with Gasteiger partial charge in [0.05, 0.1) is 21.3 Å². The van der Waals surface area contributed by atoms with Gasteiger partial charge in [0.2, 0.25) is 0 Å². The number of hydrogen-bond donors (Lipinski definition) is 1. The third-order valence-electron chi connectivity index (χ3n) is 3.63. The largest absolute Gasteiger partial charge is 0.496 e. The highest BCUT2D eigenvalue weighted by atomic mass is 16.5. The lowest BCUT2D eigenvalue weighted by Gasteiger charge is -2.32. The molecular weight excluding hydrogens is 256 g/mol. The summed E-state index contributed by atoms with van der Waals surface area (Å²) in [5.41, 5.74) is 1.12. The number of nitrogens with zero attached hydrogens (tertiary/aromatic N) is 1. The summed E-state index contributed by atoms with van der Waals surface area (Å²) in [6, 6.07) is 4.42. The average molecular weight is 280 g/mol. The molecule has 1 aromatic rings. The van der Waals surface area contributed by atoms with Gasteiger partial charge >= 0.3 is 0 Å². The number of nitrogens with one attached hydrogen (secondary N) is 1. The average Bonchev–Trinajstić information content (AvgIpc) is 2.46. The molecule has 2 rings (SSSR count). The Morgan fingerprint density at radius 3 is 2.35 bits per heavy atom. The molecule has 0 bridgehead atoms. The first-order chi connectivity index (χ1) is 9.67. The van der Waals surface area contributed by atoms with E-state index in [1.54, 1.807) is 21.3 Å². The molecule has 5 heteroatoms. The van der Waals surface area contributed by atoms with E-state index in [1.807, 2.05) is 12.1 Å². The van der Waals surface area contributed by atoms with Gasteiger partial charge in [-0.25, -0.2) is 0 Å². The van der Waals surface area contributed by atoms with Crippen molar-refractivity contribution in [3.8, 4) is 17.2 Å². The van der Waals surface area contributed by atoms with Crippen LogP contribution in [0.15, 0.2) is 12.1 Å². The van der Waals surface area contributed by atoms with Crippen LogP contribution in [-0.4, -0.2) is 51.9 Å². The van der Waals surface area contributed by atoms with Crippen molar-refractivity contribution in [2.45, 2.75) is 19.5 Å². The molecule has 0 radical (unpaired) electrons. The van der Waals surface area contributed by atoms with Gasteiger partial charge in [0.15, 0.2) is 11.5 Å². The van der Waals surface area contributed by atoms with Crippen LogP contribution in [0, 0.1) is 0 Å². The molecule has 0 unspecified atom stereocenters. The van der Waals surface area contributed by atoms with Crippen molar-refractivity contribution in [1.82, 2.24) is 10.2 Å². The van der Waals surface area contributed by atoms with Crippen LogP contribution in [-0.2, 0) is 6.54 Å². The topological polar surface area (TPSA) is 43.0 Å². The Kier molecular flexibility index (Phi) is 5.09. The van der Waals surface area contributed by atoms with E-state index in [0.717, 1.165) is 43.2 Å². The SMILES string of the molecule is COc1cc(OC)c(OC)cc1CN1CCN[C@@H](C)C1. The van der Waals surface area contributed by atoms with E-state index in [9.17, 15) is 0 Å². The fourth-order valence-corrected chi connectivity index (χ4v) is 2.61. The van der Waals surface area contributed by atoms with E-state index in [-0.39, 0.29) is 0 Å². The molecule has 1 saturated heterocycles. The molecular formula is C15H24N2O3. The van der Waals surface area contributed by atoms with Gasteiger partial charge in [-0.15, -0.1) is 0 Å². The summed E-state index contributed by atoms with van der Waals surface area (Å²) in [7, 11) is 4.97. The molecule has 1 heterocycles. The molecule has 0 aromatic heterocycles. The van der Waals surface area contributed by atoms with Crippen LogP contribution >= 0.6 is 0 Å². The van der Waals surface area contributed by atoms with Gasteiger partial charge in [0.1, 0.15) is 5.75 Å². The highest BCUT2D eigenvalue weighted by Crippen LogP contribution is 2.35. The van der Waals surface area contributed by atoms with Crippen molar-refractivity contribution in [2.24, 2.45) is 0 Å². The standard InChI is InChI=1S/C15H24N2O3/c1-11-9-17(6-5-16-11)10-12-7-14(19-3)15(20-4)8-13(12)18-2/h7-8,11,16H,5-6,9-10H2,1-4H3/t11-/m0/s1. The lowest BCUT2D eigenvalue weighted by molar-refractivity contribution is 0.197. The van der Waals surface area contributed by atoms with Gasteiger partial charge in [-0.2, -0.15) is 0 Å². The van der Waals surface area contributed by atoms with Crippen molar-refractivity contribution < 1.29 is 14.2 Å². The van der Waals surface area contributed by atoms with Crippen molar-refractivity contribution in [3.63, 3.8) is 0 Å². The summed E-state index contributed by atoms with van der Waals surface area (Å²) >= 11 is 0. The fraction of sp³-hybridized carbons (Fsp3) is 0.600. The van der Waals surface area contributed by atoms with Gasteiger partial charge in [-0.05, 0) is 13.0 Å². The van der Waals surface area contributed by atoms with Crippen LogP contribution in [0.25, 0.3) is 0 Å². The number of rotatable bonds is 5. The van der Waals surface area contributed by atoms with Crippen LogP contribution in [0.2, 0.25) is 0 Å². The second kappa shape index (κ2) is 6.81. The van der Waals surface area contributed by atoms with Gasteiger partial charge in [0.25, 0.3) is 0 Å². The molecule has 0 spiro atoms. The fourth-order valence-electron chi connectivity index (χ4n) is 2.61.